The molecule has 0 aliphatic carbocycles. The highest BCUT2D eigenvalue weighted by Crippen LogP contribution is 2.23. The minimum Gasteiger partial charge on any atom is -0.496 e. The van der Waals surface area contributed by atoms with E-state index < -0.39 is 5.63 Å². The Balaban J connectivity index is 1.56. The van der Waals surface area contributed by atoms with E-state index in [4.69, 9.17) is 13.9 Å². The van der Waals surface area contributed by atoms with Gasteiger partial charge in [-0.25, -0.2) is 9.78 Å². The van der Waals surface area contributed by atoms with Crippen molar-refractivity contribution < 1.29 is 18.7 Å². The normalized spacial score (nSPS) is 15.7. The topological polar surface area (TPSA) is 104 Å². The van der Waals surface area contributed by atoms with Crippen LogP contribution in [-0.4, -0.2) is 46.7 Å². The predicted octanol–water partition coefficient (Wildman–Crippen LogP) is 1.80. The molecule has 3 aromatic heterocycles. The van der Waals surface area contributed by atoms with Crippen LogP contribution in [0.15, 0.2) is 62.8 Å². The lowest BCUT2D eigenvalue weighted by atomic mass is 10.2. The number of rotatable bonds is 5. The van der Waals surface area contributed by atoms with Crippen molar-refractivity contribution >= 4 is 5.91 Å². The molecule has 1 saturated heterocycles. The van der Waals surface area contributed by atoms with E-state index in [1.54, 1.807) is 42.3 Å². The third-order valence-corrected chi connectivity index (χ3v) is 4.96. The molecule has 1 aliphatic rings. The van der Waals surface area contributed by atoms with Crippen LogP contribution >= 0.6 is 0 Å². The molecule has 1 unspecified atom stereocenters. The second-order valence-electron chi connectivity index (χ2n) is 7.15. The SMILES string of the molecule is COc1cc(=O)n(-c2ccccn2)cc1C(=O)N1CCC(Oc2cc(C)oc(=O)c2)C1. The van der Waals surface area contributed by atoms with Gasteiger partial charge in [0.25, 0.3) is 11.5 Å². The van der Waals surface area contributed by atoms with Gasteiger partial charge in [-0.15, -0.1) is 0 Å². The molecule has 0 saturated carbocycles. The zero-order chi connectivity index (χ0) is 22.0. The molecule has 1 aliphatic heterocycles. The van der Waals surface area contributed by atoms with E-state index in [1.165, 1.54) is 30.0 Å². The maximum Gasteiger partial charge on any atom is 0.339 e. The maximum atomic E-state index is 13.2. The Bertz CT molecular complexity index is 1220. The summed E-state index contributed by atoms with van der Waals surface area (Å²) in [6.45, 7) is 2.47. The van der Waals surface area contributed by atoms with Crippen LogP contribution in [0.1, 0.15) is 22.5 Å². The van der Waals surface area contributed by atoms with Crippen LogP contribution in [0.2, 0.25) is 0 Å². The van der Waals surface area contributed by atoms with Crippen LogP contribution in [-0.2, 0) is 0 Å². The summed E-state index contributed by atoms with van der Waals surface area (Å²) in [6, 6.07) is 9.38. The monoisotopic (exact) mass is 423 g/mol. The number of nitrogens with zero attached hydrogens (tertiary/aromatic N) is 3. The summed E-state index contributed by atoms with van der Waals surface area (Å²) in [5.41, 5.74) is -0.583. The van der Waals surface area contributed by atoms with E-state index in [0.717, 1.165) is 0 Å². The lowest BCUT2D eigenvalue weighted by Gasteiger charge is -2.19. The van der Waals surface area contributed by atoms with E-state index in [0.29, 0.717) is 36.8 Å². The van der Waals surface area contributed by atoms with Crippen molar-refractivity contribution in [1.82, 2.24) is 14.5 Å². The number of aryl methyl sites for hydroxylation is 1. The number of ether oxygens (including phenoxy) is 2. The van der Waals surface area contributed by atoms with Gasteiger partial charge in [0.05, 0.1) is 25.3 Å². The molecule has 0 bridgehead atoms. The number of aromatic nitrogens is 2. The van der Waals surface area contributed by atoms with Gasteiger partial charge in [-0.1, -0.05) is 6.07 Å². The zero-order valence-corrected chi connectivity index (χ0v) is 17.1. The number of amides is 1. The van der Waals surface area contributed by atoms with E-state index in [2.05, 4.69) is 4.98 Å². The summed E-state index contributed by atoms with van der Waals surface area (Å²) in [6.07, 6.45) is 3.36. The molecule has 4 heterocycles. The Kier molecular flexibility index (Phi) is 5.57. The molecule has 9 nitrogen and oxygen atoms in total. The molecule has 0 radical (unpaired) electrons. The second kappa shape index (κ2) is 8.47. The second-order valence-corrected chi connectivity index (χ2v) is 7.15. The molecule has 31 heavy (non-hydrogen) atoms. The van der Waals surface area contributed by atoms with Gasteiger partial charge in [0.1, 0.15) is 29.2 Å². The first-order valence-corrected chi connectivity index (χ1v) is 9.74. The van der Waals surface area contributed by atoms with Gasteiger partial charge < -0.3 is 18.8 Å². The first kappa shape index (κ1) is 20.4. The van der Waals surface area contributed by atoms with Crippen molar-refractivity contribution in [3.05, 3.63) is 80.9 Å². The van der Waals surface area contributed by atoms with Crippen LogP contribution in [0.5, 0.6) is 11.5 Å². The third-order valence-electron chi connectivity index (χ3n) is 4.96. The number of likely N-dealkylation sites (tertiary alicyclic amines) is 1. The standard InChI is InChI=1S/C22H21N3O6/c1-14-9-16(10-21(27)30-14)31-15-6-8-24(12-15)22(28)17-13-25(19-5-3-4-7-23-19)20(26)11-18(17)29-2/h3-5,7,9-11,13,15H,6,8,12H2,1-2H3. The number of hydrogen-bond acceptors (Lipinski definition) is 7. The Morgan fingerprint density at radius 2 is 2.06 bits per heavy atom. The van der Waals surface area contributed by atoms with Crippen LogP contribution in [0, 0.1) is 6.92 Å². The molecule has 4 rings (SSSR count). The number of methoxy groups -OCH3 is 1. The first-order chi connectivity index (χ1) is 14.9. The van der Waals surface area contributed by atoms with Crippen LogP contribution in [0.25, 0.3) is 5.82 Å². The van der Waals surface area contributed by atoms with E-state index in [-0.39, 0.29) is 28.9 Å². The highest BCUT2D eigenvalue weighted by atomic mass is 16.5. The van der Waals surface area contributed by atoms with E-state index >= 15 is 0 Å². The molecule has 160 valence electrons. The third kappa shape index (κ3) is 4.35. The molecule has 0 spiro atoms. The smallest absolute Gasteiger partial charge is 0.339 e. The van der Waals surface area contributed by atoms with Crippen molar-refractivity contribution in [3.63, 3.8) is 0 Å². The van der Waals surface area contributed by atoms with Crippen molar-refractivity contribution in [2.24, 2.45) is 0 Å². The quantitative estimate of drug-likeness (QED) is 0.616. The number of hydrogen-bond donors (Lipinski definition) is 0. The van der Waals surface area contributed by atoms with Gasteiger partial charge in [0.15, 0.2) is 0 Å². The van der Waals surface area contributed by atoms with Gasteiger partial charge in [-0.2, -0.15) is 0 Å². The van der Waals surface area contributed by atoms with Crippen molar-refractivity contribution in [2.75, 3.05) is 20.2 Å². The lowest BCUT2D eigenvalue weighted by Crippen LogP contribution is -2.32. The van der Waals surface area contributed by atoms with Crippen molar-refractivity contribution in [2.45, 2.75) is 19.4 Å². The summed E-state index contributed by atoms with van der Waals surface area (Å²) >= 11 is 0. The average Bonchev–Trinajstić information content (AvgIpc) is 3.21. The molecule has 0 N–H and O–H groups in total. The fourth-order valence-electron chi connectivity index (χ4n) is 3.54. The number of carbonyl (C=O) groups is 1. The van der Waals surface area contributed by atoms with E-state index in [1.807, 2.05) is 0 Å². The first-order valence-electron chi connectivity index (χ1n) is 9.74. The molecule has 9 heteroatoms. The summed E-state index contributed by atoms with van der Waals surface area (Å²) in [5, 5.41) is 0. The zero-order valence-electron chi connectivity index (χ0n) is 17.1. The molecular formula is C22H21N3O6. The Morgan fingerprint density at radius 1 is 1.23 bits per heavy atom. The largest absolute Gasteiger partial charge is 0.496 e. The van der Waals surface area contributed by atoms with Crippen LogP contribution < -0.4 is 20.7 Å². The maximum absolute atomic E-state index is 13.2. The summed E-state index contributed by atoms with van der Waals surface area (Å²) in [7, 11) is 1.41. The van der Waals surface area contributed by atoms with Gasteiger partial charge in [0.2, 0.25) is 0 Å². The fraction of sp³-hybridized carbons (Fsp3) is 0.273. The summed E-state index contributed by atoms with van der Waals surface area (Å²) < 4.78 is 17.4. The molecular weight excluding hydrogens is 402 g/mol. The molecule has 1 fully saturated rings. The average molecular weight is 423 g/mol. The molecule has 3 aromatic rings. The van der Waals surface area contributed by atoms with Crippen molar-refractivity contribution in [3.8, 4) is 17.3 Å². The number of carbonyl (C=O) groups excluding carboxylic acids is 1. The molecule has 0 aromatic carbocycles. The Labute approximate surface area is 177 Å². The summed E-state index contributed by atoms with van der Waals surface area (Å²) in [5.74, 6) is 1.19. The van der Waals surface area contributed by atoms with Gasteiger partial charge in [0, 0.05) is 37.5 Å². The predicted molar refractivity (Wildman–Crippen MR) is 111 cm³/mol. The van der Waals surface area contributed by atoms with Crippen LogP contribution in [0.4, 0.5) is 0 Å². The molecule has 1 atom stereocenters. The molecule has 1 amide bonds. The lowest BCUT2D eigenvalue weighted by molar-refractivity contribution is 0.0768. The van der Waals surface area contributed by atoms with E-state index in [9.17, 15) is 14.4 Å². The highest BCUT2D eigenvalue weighted by Gasteiger charge is 2.30. The number of pyridine rings is 2. The Morgan fingerprint density at radius 3 is 2.77 bits per heavy atom. The highest BCUT2D eigenvalue weighted by molar-refractivity contribution is 5.97. The summed E-state index contributed by atoms with van der Waals surface area (Å²) in [4.78, 5) is 43.0. The van der Waals surface area contributed by atoms with Gasteiger partial charge >= 0.3 is 5.63 Å². The van der Waals surface area contributed by atoms with Crippen molar-refractivity contribution in [1.29, 1.82) is 0 Å². The van der Waals surface area contributed by atoms with Gasteiger partial charge in [-0.05, 0) is 19.1 Å². The van der Waals surface area contributed by atoms with Gasteiger partial charge in [-0.3, -0.25) is 14.2 Å². The fourth-order valence-corrected chi connectivity index (χ4v) is 3.54. The minimum absolute atomic E-state index is 0.197. The van der Waals surface area contributed by atoms with Crippen LogP contribution in [0.3, 0.4) is 0 Å². The minimum atomic E-state index is -0.484. The Hall–Kier alpha value is -3.88.